The lowest BCUT2D eigenvalue weighted by Gasteiger charge is -2.05. The van der Waals surface area contributed by atoms with Crippen LogP contribution in [0.2, 0.25) is 0 Å². The number of hydrogen-bond acceptors (Lipinski definition) is 3. The quantitative estimate of drug-likeness (QED) is 0.879. The number of hydrogen-bond donors (Lipinski definition) is 1. The number of carbonyl (C=O) groups is 1. The molecule has 0 unspecified atom stereocenters. The van der Waals surface area contributed by atoms with E-state index in [1.807, 2.05) is 12.1 Å². The molecular formula is C15H10BrN3O. The van der Waals surface area contributed by atoms with Crippen molar-refractivity contribution in [3.63, 3.8) is 0 Å². The third-order valence-corrected chi connectivity index (χ3v) is 3.12. The third kappa shape index (κ3) is 3.77. The van der Waals surface area contributed by atoms with Gasteiger partial charge in [0.15, 0.2) is 0 Å². The van der Waals surface area contributed by atoms with Crippen molar-refractivity contribution in [2.75, 3.05) is 5.32 Å². The molecule has 0 atom stereocenters. The van der Waals surface area contributed by atoms with E-state index in [1.54, 1.807) is 42.7 Å². The van der Waals surface area contributed by atoms with Crippen LogP contribution in [-0.2, 0) is 4.79 Å². The Bertz CT molecular complexity index is 690. The van der Waals surface area contributed by atoms with Gasteiger partial charge in [0, 0.05) is 22.9 Å². The molecule has 0 radical (unpaired) electrons. The van der Waals surface area contributed by atoms with Gasteiger partial charge >= 0.3 is 0 Å². The molecule has 1 N–H and O–H groups in total. The van der Waals surface area contributed by atoms with Gasteiger partial charge in [-0.1, -0.05) is 6.07 Å². The van der Waals surface area contributed by atoms with E-state index in [-0.39, 0.29) is 5.91 Å². The maximum Gasteiger partial charge on any atom is 0.248 e. The van der Waals surface area contributed by atoms with Gasteiger partial charge in [0.2, 0.25) is 5.91 Å². The number of nitrogens with one attached hydrogen (secondary N) is 1. The number of nitriles is 1. The number of amides is 1. The first-order valence-electron chi connectivity index (χ1n) is 5.78. The molecule has 1 aromatic carbocycles. The topological polar surface area (TPSA) is 65.8 Å². The molecule has 2 aromatic rings. The van der Waals surface area contributed by atoms with Crippen LogP contribution in [0, 0.1) is 11.3 Å². The number of anilines is 1. The fourth-order valence-corrected chi connectivity index (χ4v) is 1.98. The van der Waals surface area contributed by atoms with Gasteiger partial charge in [-0.2, -0.15) is 5.26 Å². The number of pyridine rings is 1. The highest BCUT2D eigenvalue weighted by molar-refractivity contribution is 9.10. The Morgan fingerprint density at radius 1 is 1.40 bits per heavy atom. The molecule has 0 fully saturated rings. The van der Waals surface area contributed by atoms with Crippen LogP contribution >= 0.6 is 15.9 Å². The average molecular weight is 328 g/mol. The fraction of sp³-hybridized carbons (Fsp3) is 0. The molecule has 0 bridgehead atoms. The smallest absolute Gasteiger partial charge is 0.248 e. The number of nitrogens with zero attached hydrogens (tertiary/aromatic N) is 2. The van der Waals surface area contributed by atoms with Gasteiger partial charge in [0.1, 0.15) is 0 Å². The van der Waals surface area contributed by atoms with Crippen molar-refractivity contribution >= 4 is 33.6 Å². The molecule has 20 heavy (non-hydrogen) atoms. The van der Waals surface area contributed by atoms with Crippen LogP contribution in [0.4, 0.5) is 5.69 Å². The van der Waals surface area contributed by atoms with Crippen LogP contribution in [0.25, 0.3) is 6.08 Å². The van der Waals surface area contributed by atoms with Gasteiger partial charge in [-0.05, 0) is 51.8 Å². The van der Waals surface area contributed by atoms with Crippen LogP contribution < -0.4 is 5.32 Å². The normalized spacial score (nSPS) is 10.2. The molecule has 1 heterocycles. The summed E-state index contributed by atoms with van der Waals surface area (Å²) in [6, 6.07) is 10.7. The van der Waals surface area contributed by atoms with Gasteiger partial charge in [0.05, 0.1) is 17.3 Å². The van der Waals surface area contributed by atoms with Crippen LogP contribution in [0.15, 0.2) is 53.3 Å². The summed E-state index contributed by atoms with van der Waals surface area (Å²) in [7, 11) is 0. The van der Waals surface area contributed by atoms with E-state index in [0.29, 0.717) is 15.7 Å². The highest BCUT2D eigenvalue weighted by atomic mass is 79.9. The Morgan fingerprint density at radius 3 is 2.90 bits per heavy atom. The molecule has 5 heteroatoms. The summed E-state index contributed by atoms with van der Waals surface area (Å²) < 4.78 is 0.666. The zero-order chi connectivity index (χ0) is 14.4. The maximum absolute atomic E-state index is 11.8. The summed E-state index contributed by atoms with van der Waals surface area (Å²) in [5, 5.41) is 11.5. The molecule has 0 saturated carbocycles. The number of halogens is 1. The van der Waals surface area contributed by atoms with Crippen LogP contribution in [0.5, 0.6) is 0 Å². The number of rotatable bonds is 3. The second kappa shape index (κ2) is 6.64. The molecule has 1 aromatic heterocycles. The standard InChI is InChI=1S/C15H10BrN3O/c16-13-8-12(9-17)3-5-14(13)19-15(20)6-4-11-2-1-7-18-10-11/h1-8,10H,(H,19,20)/b6-4+. The summed E-state index contributed by atoms with van der Waals surface area (Å²) in [6.07, 6.45) is 6.45. The predicted molar refractivity (Wildman–Crippen MR) is 80.8 cm³/mol. The molecule has 1 amide bonds. The summed E-state index contributed by atoms with van der Waals surface area (Å²) in [4.78, 5) is 15.7. The number of aromatic nitrogens is 1. The van der Waals surface area contributed by atoms with E-state index in [0.717, 1.165) is 5.56 Å². The van der Waals surface area contributed by atoms with Gasteiger partial charge < -0.3 is 5.32 Å². The second-order valence-corrected chi connectivity index (χ2v) is 4.77. The van der Waals surface area contributed by atoms with E-state index < -0.39 is 0 Å². The highest BCUT2D eigenvalue weighted by Crippen LogP contribution is 2.23. The molecule has 0 spiro atoms. The Hall–Kier alpha value is -2.45. The fourth-order valence-electron chi connectivity index (χ4n) is 1.51. The molecule has 0 saturated heterocycles. The number of carbonyl (C=O) groups excluding carboxylic acids is 1. The highest BCUT2D eigenvalue weighted by Gasteiger charge is 2.03. The first kappa shape index (κ1) is 14.0. The van der Waals surface area contributed by atoms with Crippen molar-refractivity contribution < 1.29 is 4.79 Å². The van der Waals surface area contributed by atoms with E-state index in [2.05, 4.69) is 26.2 Å². The van der Waals surface area contributed by atoms with Crippen molar-refractivity contribution in [3.8, 4) is 6.07 Å². The Morgan fingerprint density at radius 2 is 2.25 bits per heavy atom. The van der Waals surface area contributed by atoms with Crippen molar-refractivity contribution in [1.82, 2.24) is 4.98 Å². The van der Waals surface area contributed by atoms with Crippen molar-refractivity contribution in [3.05, 3.63) is 64.4 Å². The average Bonchev–Trinajstić information content (AvgIpc) is 2.48. The third-order valence-electron chi connectivity index (χ3n) is 2.47. The van der Waals surface area contributed by atoms with Crippen LogP contribution in [-0.4, -0.2) is 10.9 Å². The van der Waals surface area contributed by atoms with E-state index >= 15 is 0 Å². The molecule has 0 aliphatic rings. The first-order valence-corrected chi connectivity index (χ1v) is 6.57. The summed E-state index contributed by atoms with van der Waals surface area (Å²) >= 11 is 3.31. The van der Waals surface area contributed by atoms with Crippen molar-refractivity contribution in [2.24, 2.45) is 0 Å². The lowest BCUT2D eigenvalue weighted by Crippen LogP contribution is -2.08. The van der Waals surface area contributed by atoms with Gasteiger partial charge in [-0.3, -0.25) is 9.78 Å². The summed E-state index contributed by atoms with van der Waals surface area (Å²) in [6.45, 7) is 0. The molecule has 0 aliphatic carbocycles. The van der Waals surface area contributed by atoms with Gasteiger partial charge in [-0.25, -0.2) is 0 Å². The molecular weight excluding hydrogens is 318 g/mol. The SMILES string of the molecule is N#Cc1ccc(NC(=O)/C=C/c2cccnc2)c(Br)c1. The van der Waals surface area contributed by atoms with E-state index in [9.17, 15) is 4.79 Å². The zero-order valence-electron chi connectivity index (χ0n) is 10.4. The monoisotopic (exact) mass is 327 g/mol. The predicted octanol–water partition coefficient (Wildman–Crippen LogP) is 3.37. The second-order valence-electron chi connectivity index (χ2n) is 3.92. The zero-order valence-corrected chi connectivity index (χ0v) is 12.0. The molecule has 0 aliphatic heterocycles. The Labute approximate surface area is 124 Å². The largest absolute Gasteiger partial charge is 0.321 e. The molecule has 2 rings (SSSR count). The van der Waals surface area contributed by atoms with Crippen molar-refractivity contribution in [2.45, 2.75) is 0 Å². The van der Waals surface area contributed by atoms with Gasteiger partial charge in [-0.15, -0.1) is 0 Å². The van der Waals surface area contributed by atoms with Crippen LogP contribution in [0.1, 0.15) is 11.1 Å². The Kier molecular flexibility index (Phi) is 4.64. The minimum Gasteiger partial charge on any atom is -0.321 e. The van der Waals surface area contributed by atoms with E-state index in [4.69, 9.17) is 5.26 Å². The summed E-state index contributed by atoms with van der Waals surface area (Å²) in [5.74, 6) is -0.251. The molecule has 4 nitrogen and oxygen atoms in total. The minimum atomic E-state index is -0.251. The lowest BCUT2D eigenvalue weighted by molar-refractivity contribution is -0.111. The van der Waals surface area contributed by atoms with E-state index in [1.165, 1.54) is 6.08 Å². The number of benzene rings is 1. The molecule has 98 valence electrons. The minimum absolute atomic E-state index is 0.251. The van der Waals surface area contributed by atoms with Crippen molar-refractivity contribution in [1.29, 1.82) is 5.26 Å². The lowest BCUT2D eigenvalue weighted by atomic mass is 10.2. The Balaban J connectivity index is 2.05. The van der Waals surface area contributed by atoms with Crippen LogP contribution in [0.3, 0.4) is 0 Å². The summed E-state index contributed by atoms with van der Waals surface area (Å²) in [5.41, 5.74) is 1.99. The first-order chi connectivity index (χ1) is 9.69. The maximum atomic E-state index is 11.8. The van der Waals surface area contributed by atoms with Gasteiger partial charge in [0.25, 0.3) is 0 Å².